The molecule has 1 fully saturated rings. The summed E-state index contributed by atoms with van der Waals surface area (Å²) in [5.74, 6) is 0. The highest BCUT2D eigenvalue weighted by Crippen LogP contribution is 2.22. The van der Waals surface area contributed by atoms with Gasteiger partial charge in [0, 0.05) is 18.2 Å². The first kappa shape index (κ1) is 12.0. The summed E-state index contributed by atoms with van der Waals surface area (Å²) in [6, 6.07) is 7.34. The first-order valence-corrected chi connectivity index (χ1v) is 5.79. The van der Waals surface area contributed by atoms with Gasteiger partial charge < -0.3 is 10.1 Å². The topological polar surface area (TPSA) is 64.4 Å². The molecule has 1 heterocycles. The van der Waals surface area contributed by atoms with Crippen molar-refractivity contribution in [3.63, 3.8) is 0 Å². The maximum absolute atomic E-state index is 10.7. The van der Waals surface area contributed by atoms with Gasteiger partial charge in [0.2, 0.25) is 0 Å². The van der Waals surface area contributed by atoms with Crippen LogP contribution in [0.3, 0.4) is 0 Å². The maximum Gasteiger partial charge on any atom is 0.269 e. The van der Waals surface area contributed by atoms with Gasteiger partial charge in [0.1, 0.15) is 0 Å². The van der Waals surface area contributed by atoms with Crippen molar-refractivity contribution in [2.45, 2.75) is 25.4 Å². The Kier molecular flexibility index (Phi) is 3.71. The summed E-state index contributed by atoms with van der Waals surface area (Å²) < 4.78 is 5.11. The molecule has 5 heteroatoms. The Hall–Kier alpha value is -1.46. The van der Waals surface area contributed by atoms with E-state index in [1.807, 2.05) is 6.07 Å². The molecule has 0 saturated carbocycles. The molecule has 0 aromatic heterocycles. The van der Waals surface area contributed by atoms with Crippen LogP contribution in [0.1, 0.15) is 24.9 Å². The highest BCUT2D eigenvalue weighted by atomic mass is 16.6. The number of nitrogens with zero attached hydrogens (tertiary/aromatic N) is 1. The van der Waals surface area contributed by atoms with Crippen LogP contribution >= 0.6 is 0 Å². The van der Waals surface area contributed by atoms with E-state index in [1.54, 1.807) is 12.1 Å². The zero-order valence-electron chi connectivity index (χ0n) is 9.76. The minimum atomic E-state index is -0.358. The van der Waals surface area contributed by atoms with Gasteiger partial charge in [-0.05, 0) is 12.0 Å². The van der Waals surface area contributed by atoms with E-state index in [0.717, 1.165) is 25.2 Å². The Balaban J connectivity index is 2.11. The molecular formula is C12H16N2O3. The van der Waals surface area contributed by atoms with Crippen LogP contribution in [0.25, 0.3) is 0 Å². The predicted molar refractivity (Wildman–Crippen MR) is 63.9 cm³/mol. The molecule has 1 N–H and O–H groups in total. The van der Waals surface area contributed by atoms with Gasteiger partial charge in [-0.25, -0.2) is 0 Å². The second-order valence-corrected chi connectivity index (χ2v) is 4.21. The monoisotopic (exact) mass is 236 g/mol. The van der Waals surface area contributed by atoms with Crippen LogP contribution in [0, 0.1) is 10.1 Å². The fourth-order valence-electron chi connectivity index (χ4n) is 1.92. The summed E-state index contributed by atoms with van der Waals surface area (Å²) in [6.07, 6.45) is 0.900. The molecular weight excluding hydrogens is 220 g/mol. The summed E-state index contributed by atoms with van der Waals surface area (Å²) in [4.78, 5) is 10.4. The van der Waals surface area contributed by atoms with Gasteiger partial charge in [-0.15, -0.1) is 0 Å². The van der Waals surface area contributed by atoms with Gasteiger partial charge in [0.05, 0.1) is 24.2 Å². The van der Waals surface area contributed by atoms with Gasteiger partial charge in [-0.2, -0.15) is 0 Å². The quantitative estimate of drug-likeness (QED) is 0.627. The van der Waals surface area contributed by atoms with Crippen molar-refractivity contribution >= 4 is 5.69 Å². The van der Waals surface area contributed by atoms with Gasteiger partial charge in [-0.3, -0.25) is 10.1 Å². The molecule has 0 radical (unpaired) electrons. The van der Waals surface area contributed by atoms with E-state index in [0.29, 0.717) is 6.04 Å². The smallest absolute Gasteiger partial charge is 0.269 e. The summed E-state index contributed by atoms with van der Waals surface area (Å²) in [5, 5.41) is 14.2. The van der Waals surface area contributed by atoms with Crippen LogP contribution in [0.5, 0.6) is 0 Å². The average Bonchev–Trinajstić information content (AvgIpc) is 2.28. The molecule has 0 aliphatic carbocycles. The SMILES string of the molecule is CCC(NC1COC1)c1cccc([N+](=O)[O-])c1. The van der Waals surface area contributed by atoms with E-state index in [4.69, 9.17) is 4.74 Å². The molecule has 1 saturated heterocycles. The van der Waals surface area contributed by atoms with Crippen LogP contribution < -0.4 is 5.32 Å². The Labute approximate surface area is 99.9 Å². The van der Waals surface area contributed by atoms with E-state index in [2.05, 4.69) is 12.2 Å². The first-order valence-electron chi connectivity index (χ1n) is 5.79. The van der Waals surface area contributed by atoms with Crippen LogP contribution in [-0.4, -0.2) is 24.2 Å². The number of nitrogens with one attached hydrogen (secondary N) is 1. The Morgan fingerprint density at radius 3 is 2.88 bits per heavy atom. The summed E-state index contributed by atoms with van der Waals surface area (Å²) >= 11 is 0. The number of hydrogen-bond acceptors (Lipinski definition) is 4. The second-order valence-electron chi connectivity index (χ2n) is 4.21. The normalized spacial score (nSPS) is 17.5. The van der Waals surface area contributed by atoms with E-state index < -0.39 is 0 Å². The number of ether oxygens (including phenoxy) is 1. The highest BCUT2D eigenvalue weighted by Gasteiger charge is 2.22. The summed E-state index contributed by atoms with van der Waals surface area (Å²) in [6.45, 7) is 3.52. The van der Waals surface area contributed by atoms with Crippen LogP contribution in [0.4, 0.5) is 5.69 Å². The molecule has 1 atom stereocenters. The van der Waals surface area contributed by atoms with Crippen LogP contribution in [0.2, 0.25) is 0 Å². The Morgan fingerprint density at radius 1 is 1.59 bits per heavy atom. The van der Waals surface area contributed by atoms with Crippen LogP contribution in [0.15, 0.2) is 24.3 Å². The number of benzene rings is 1. The fraction of sp³-hybridized carbons (Fsp3) is 0.500. The van der Waals surface area contributed by atoms with E-state index in [1.165, 1.54) is 6.07 Å². The molecule has 1 aliphatic heterocycles. The lowest BCUT2D eigenvalue weighted by Crippen LogP contribution is -2.47. The number of non-ortho nitro benzene ring substituents is 1. The van der Waals surface area contributed by atoms with E-state index >= 15 is 0 Å². The van der Waals surface area contributed by atoms with Crippen molar-refractivity contribution < 1.29 is 9.66 Å². The van der Waals surface area contributed by atoms with E-state index in [9.17, 15) is 10.1 Å². The molecule has 0 bridgehead atoms. The van der Waals surface area contributed by atoms with Crippen molar-refractivity contribution in [1.29, 1.82) is 0 Å². The van der Waals surface area contributed by atoms with Crippen molar-refractivity contribution in [2.75, 3.05) is 13.2 Å². The minimum Gasteiger partial charge on any atom is -0.378 e. The predicted octanol–water partition coefficient (Wildman–Crippen LogP) is 2.03. The number of nitro groups is 1. The molecule has 1 aliphatic rings. The lowest BCUT2D eigenvalue weighted by molar-refractivity contribution is -0.384. The number of nitro benzene ring substituents is 1. The molecule has 1 unspecified atom stereocenters. The zero-order chi connectivity index (χ0) is 12.3. The largest absolute Gasteiger partial charge is 0.378 e. The van der Waals surface area contributed by atoms with Crippen molar-refractivity contribution in [2.24, 2.45) is 0 Å². The van der Waals surface area contributed by atoms with E-state index in [-0.39, 0.29) is 16.7 Å². The Bertz CT molecular complexity index is 404. The zero-order valence-corrected chi connectivity index (χ0v) is 9.76. The third-order valence-electron chi connectivity index (χ3n) is 2.97. The average molecular weight is 236 g/mol. The van der Waals surface area contributed by atoms with Gasteiger partial charge >= 0.3 is 0 Å². The second kappa shape index (κ2) is 5.25. The Morgan fingerprint density at radius 2 is 2.35 bits per heavy atom. The third-order valence-corrected chi connectivity index (χ3v) is 2.97. The number of rotatable bonds is 5. The molecule has 92 valence electrons. The number of hydrogen-bond donors (Lipinski definition) is 1. The molecule has 1 aromatic carbocycles. The molecule has 1 aromatic rings. The molecule has 0 amide bonds. The first-order chi connectivity index (χ1) is 8.20. The molecule has 5 nitrogen and oxygen atoms in total. The minimum absolute atomic E-state index is 0.146. The highest BCUT2D eigenvalue weighted by molar-refractivity contribution is 5.35. The lowest BCUT2D eigenvalue weighted by atomic mass is 10.0. The standard InChI is InChI=1S/C12H16N2O3/c1-2-12(13-10-7-17-8-10)9-4-3-5-11(6-9)14(15)16/h3-6,10,12-13H,2,7-8H2,1H3. The maximum atomic E-state index is 10.7. The van der Waals surface area contributed by atoms with Crippen molar-refractivity contribution in [3.8, 4) is 0 Å². The van der Waals surface area contributed by atoms with Crippen molar-refractivity contribution in [1.82, 2.24) is 5.32 Å². The summed E-state index contributed by atoms with van der Waals surface area (Å²) in [5.41, 5.74) is 1.11. The van der Waals surface area contributed by atoms with Gasteiger partial charge in [0.25, 0.3) is 5.69 Å². The molecule has 2 rings (SSSR count). The third kappa shape index (κ3) is 2.81. The summed E-state index contributed by atoms with van der Waals surface area (Å²) in [7, 11) is 0. The fourth-order valence-corrected chi connectivity index (χ4v) is 1.92. The lowest BCUT2D eigenvalue weighted by Gasteiger charge is -2.31. The van der Waals surface area contributed by atoms with Gasteiger partial charge in [0.15, 0.2) is 0 Å². The molecule has 17 heavy (non-hydrogen) atoms. The van der Waals surface area contributed by atoms with Gasteiger partial charge in [-0.1, -0.05) is 19.1 Å². The molecule has 0 spiro atoms. The van der Waals surface area contributed by atoms with Crippen molar-refractivity contribution in [3.05, 3.63) is 39.9 Å². The van der Waals surface area contributed by atoms with Crippen LogP contribution in [-0.2, 0) is 4.74 Å².